The molecule has 2 heteroatoms. The summed E-state index contributed by atoms with van der Waals surface area (Å²) in [6.07, 6.45) is 33.4. The number of hydrogen-bond acceptors (Lipinski definition) is 2. The summed E-state index contributed by atoms with van der Waals surface area (Å²) < 4.78 is 0. The first-order valence-corrected chi connectivity index (χ1v) is 22.2. The molecule has 5 aliphatic carbocycles. The molecule has 0 amide bonds. The van der Waals surface area contributed by atoms with E-state index in [0.29, 0.717) is 5.92 Å². The number of nitrogens with zero attached hydrogens (tertiary/aromatic N) is 2. The minimum atomic E-state index is 0.678. The van der Waals surface area contributed by atoms with Crippen LogP contribution in [-0.4, -0.2) is 0 Å². The molecular formula is C57H56N2. The van der Waals surface area contributed by atoms with Crippen LogP contribution in [0, 0.1) is 26.7 Å². The second-order valence-electron chi connectivity index (χ2n) is 17.8. The normalized spacial score (nSPS) is 18.5. The van der Waals surface area contributed by atoms with E-state index in [9.17, 15) is 0 Å². The fourth-order valence-corrected chi connectivity index (χ4v) is 10.5. The Hall–Kier alpha value is -5.82. The third-order valence-corrected chi connectivity index (χ3v) is 13.8. The summed E-state index contributed by atoms with van der Waals surface area (Å²) in [6, 6.07) is 26.3. The minimum absolute atomic E-state index is 0.678. The highest BCUT2D eigenvalue weighted by Gasteiger charge is 2.28. The number of rotatable bonds is 6. The zero-order chi connectivity index (χ0) is 40.2. The average Bonchev–Trinajstić information content (AvgIpc) is 3.61. The van der Waals surface area contributed by atoms with Crippen molar-refractivity contribution < 1.29 is 0 Å². The van der Waals surface area contributed by atoms with Gasteiger partial charge in [0.1, 0.15) is 0 Å². The largest absolute Gasteiger partial charge is 0.310 e. The Morgan fingerprint density at radius 3 is 2.14 bits per heavy atom. The van der Waals surface area contributed by atoms with Crippen LogP contribution in [0.2, 0.25) is 0 Å². The molecule has 1 fully saturated rings. The zero-order valence-electron chi connectivity index (χ0n) is 35.6. The van der Waals surface area contributed by atoms with Gasteiger partial charge in [0, 0.05) is 33.7 Å². The second-order valence-corrected chi connectivity index (χ2v) is 17.8. The first kappa shape index (κ1) is 37.5. The highest BCUT2D eigenvalue weighted by atomic mass is 15.2. The maximum Gasteiger partial charge on any atom is 0.0546 e. The highest BCUT2D eigenvalue weighted by molar-refractivity contribution is 6.18. The monoisotopic (exact) mass is 768 g/mol. The maximum absolute atomic E-state index is 3.60. The van der Waals surface area contributed by atoms with E-state index < -0.39 is 0 Å². The van der Waals surface area contributed by atoms with Gasteiger partial charge in [0.25, 0.3) is 0 Å². The molecule has 1 saturated carbocycles. The van der Waals surface area contributed by atoms with Crippen LogP contribution in [0.5, 0.6) is 0 Å². The zero-order valence-corrected chi connectivity index (χ0v) is 35.6. The van der Waals surface area contributed by atoms with Gasteiger partial charge in [-0.1, -0.05) is 72.7 Å². The number of fused-ring (bicyclic) bond motifs is 7. The lowest BCUT2D eigenvalue weighted by atomic mass is 9.79. The van der Waals surface area contributed by atoms with Gasteiger partial charge in [-0.15, -0.1) is 5.73 Å². The minimum Gasteiger partial charge on any atom is -0.310 e. The Morgan fingerprint density at radius 2 is 1.31 bits per heavy atom. The highest BCUT2D eigenvalue weighted by Crippen LogP contribution is 2.48. The van der Waals surface area contributed by atoms with E-state index in [-0.39, 0.29) is 0 Å². The fourth-order valence-electron chi connectivity index (χ4n) is 10.5. The van der Waals surface area contributed by atoms with Crippen molar-refractivity contribution in [1.29, 1.82) is 0 Å². The Balaban J connectivity index is 1.26. The van der Waals surface area contributed by atoms with Crippen molar-refractivity contribution in [2.24, 2.45) is 5.92 Å². The first-order chi connectivity index (χ1) is 28.8. The summed E-state index contributed by atoms with van der Waals surface area (Å²) in [4.78, 5) is 5.13. The molecule has 1 atom stereocenters. The first-order valence-electron chi connectivity index (χ1n) is 22.2. The lowest BCUT2D eigenvalue weighted by Crippen LogP contribution is -2.24. The Labute approximate surface area is 351 Å². The van der Waals surface area contributed by atoms with Crippen molar-refractivity contribution in [3.05, 3.63) is 182 Å². The van der Waals surface area contributed by atoms with Crippen molar-refractivity contribution in [3.63, 3.8) is 0 Å². The standard InChI is InChI=1S/C57H56N2/c1-37-23-26-46(30-38(2)29-37)58(47-27-24-42-15-9-11-17-44(42)33-47)56-35-54-50-19-7-6-8-21-52(50)57(36-55(54)51-20-13-14-22-53(51)56)59(49-31-39(3)41(5)40(4)32-49)48-28-25-43-16-10-12-18-45(43)34-48/h7-8,13-14,19-23,25-28,30-36,42H,6,9-12,15-18,24H2,1-5H3. The molecule has 0 radical (unpaired) electrons. The summed E-state index contributed by atoms with van der Waals surface area (Å²) in [5.74, 6) is 0.678. The van der Waals surface area contributed by atoms with Crippen LogP contribution in [0.3, 0.4) is 0 Å². The van der Waals surface area contributed by atoms with Crippen LogP contribution >= 0.6 is 0 Å². The molecule has 0 heterocycles. The topological polar surface area (TPSA) is 6.48 Å². The van der Waals surface area contributed by atoms with Crippen LogP contribution in [0.1, 0.15) is 104 Å². The molecule has 2 nitrogen and oxygen atoms in total. The van der Waals surface area contributed by atoms with Crippen LogP contribution in [0.15, 0.2) is 143 Å². The van der Waals surface area contributed by atoms with Gasteiger partial charge in [-0.3, -0.25) is 0 Å². The van der Waals surface area contributed by atoms with E-state index in [1.54, 1.807) is 5.57 Å². The molecule has 0 saturated heterocycles. The maximum atomic E-state index is 3.60. The van der Waals surface area contributed by atoms with Crippen molar-refractivity contribution in [3.8, 4) is 0 Å². The number of allylic oxidation sites excluding steroid dienone is 9. The number of hydrogen-bond donors (Lipinski definition) is 0. The molecule has 0 aliphatic heterocycles. The summed E-state index contributed by atoms with van der Waals surface area (Å²) in [7, 11) is 0. The summed E-state index contributed by atoms with van der Waals surface area (Å²) in [5.41, 5.74) is 24.5. The number of aryl methyl sites for hydroxylation is 4. The molecular weight excluding hydrogens is 713 g/mol. The van der Waals surface area contributed by atoms with Crippen molar-refractivity contribution in [2.45, 2.75) is 98.8 Å². The second kappa shape index (κ2) is 15.4. The van der Waals surface area contributed by atoms with Crippen LogP contribution in [0.4, 0.5) is 22.7 Å². The fraction of sp³-hybridized carbons (Fsp3) is 0.281. The summed E-state index contributed by atoms with van der Waals surface area (Å²) >= 11 is 0. The van der Waals surface area contributed by atoms with Gasteiger partial charge >= 0.3 is 0 Å². The van der Waals surface area contributed by atoms with Crippen LogP contribution in [0.25, 0.3) is 33.7 Å². The van der Waals surface area contributed by atoms with Crippen molar-refractivity contribution in [1.82, 2.24) is 0 Å². The quantitative estimate of drug-likeness (QED) is 0.125. The molecule has 0 bridgehead atoms. The summed E-state index contributed by atoms with van der Waals surface area (Å²) in [6.45, 7) is 11.1. The van der Waals surface area contributed by atoms with E-state index in [2.05, 4.69) is 172 Å². The molecule has 1 unspecified atom stereocenters. The molecule has 5 aromatic carbocycles. The molecule has 294 valence electrons. The van der Waals surface area contributed by atoms with E-state index in [1.807, 2.05) is 0 Å². The van der Waals surface area contributed by atoms with Gasteiger partial charge in [0.2, 0.25) is 0 Å². The summed E-state index contributed by atoms with van der Waals surface area (Å²) in [5, 5.41) is 5.10. The van der Waals surface area contributed by atoms with E-state index in [1.165, 1.54) is 140 Å². The van der Waals surface area contributed by atoms with Crippen LogP contribution in [-0.2, 0) is 12.8 Å². The van der Waals surface area contributed by atoms with Gasteiger partial charge in [-0.2, -0.15) is 0 Å². The third-order valence-electron chi connectivity index (χ3n) is 13.8. The lowest BCUT2D eigenvalue weighted by Gasteiger charge is -2.35. The predicted octanol–water partition coefficient (Wildman–Crippen LogP) is 15.9. The van der Waals surface area contributed by atoms with Crippen molar-refractivity contribution in [2.75, 3.05) is 9.80 Å². The van der Waals surface area contributed by atoms with Gasteiger partial charge in [-0.25, -0.2) is 0 Å². The van der Waals surface area contributed by atoms with Gasteiger partial charge in [-0.05, 0) is 220 Å². The van der Waals surface area contributed by atoms with E-state index >= 15 is 0 Å². The Kier molecular flexibility index (Phi) is 9.78. The van der Waals surface area contributed by atoms with Crippen LogP contribution < -0.4 is 9.80 Å². The predicted molar refractivity (Wildman–Crippen MR) is 254 cm³/mol. The lowest BCUT2D eigenvalue weighted by molar-refractivity contribution is 0.451. The third kappa shape index (κ3) is 6.88. The van der Waals surface area contributed by atoms with Gasteiger partial charge < -0.3 is 9.80 Å². The molecule has 0 spiro atoms. The van der Waals surface area contributed by atoms with Gasteiger partial charge in [0.15, 0.2) is 0 Å². The molecule has 10 rings (SSSR count). The molecule has 59 heavy (non-hydrogen) atoms. The Morgan fingerprint density at radius 1 is 0.559 bits per heavy atom. The van der Waals surface area contributed by atoms with E-state index in [0.717, 1.165) is 30.4 Å². The van der Waals surface area contributed by atoms with E-state index in [4.69, 9.17) is 0 Å². The molecule has 0 aromatic heterocycles. The Bertz CT molecular complexity index is 2800. The van der Waals surface area contributed by atoms with Crippen molar-refractivity contribution >= 4 is 56.4 Å². The number of benzene rings is 5. The smallest absolute Gasteiger partial charge is 0.0546 e. The number of anilines is 4. The molecule has 5 aliphatic rings. The average molecular weight is 769 g/mol. The molecule has 5 aromatic rings. The molecule has 0 N–H and O–H groups in total. The van der Waals surface area contributed by atoms with Gasteiger partial charge in [0.05, 0.1) is 11.4 Å². The SMILES string of the molecule is CC1=C=C(C)C=C(N(C2=CCC3CCCCC3=C2)c2cc3c4c(c(N(c5cc(C)c(C)c(C)c5)c5ccc6c(c5)CCCC6)cc3c3ccccc23)C=CCC=C4)C=C1.